The molecule has 0 spiro atoms. The molecule has 0 saturated carbocycles. The van der Waals surface area contributed by atoms with Gasteiger partial charge in [-0.15, -0.1) is 0 Å². The Labute approximate surface area is 143 Å². The highest BCUT2D eigenvalue weighted by atomic mass is 16.6. The predicted octanol–water partition coefficient (Wildman–Crippen LogP) is 2.14. The molecule has 0 atom stereocenters. The van der Waals surface area contributed by atoms with Gasteiger partial charge in [-0.1, -0.05) is 6.07 Å². The minimum Gasteiger partial charge on any atom is -0.465 e. The molecule has 1 amide bonds. The summed E-state index contributed by atoms with van der Waals surface area (Å²) >= 11 is 0. The fraction of sp³-hybridized carbons (Fsp3) is 0.312. The number of hydrogen-bond donors (Lipinski definition) is 1. The van der Waals surface area contributed by atoms with Gasteiger partial charge in [0.05, 0.1) is 17.6 Å². The highest BCUT2D eigenvalue weighted by Gasteiger charge is 2.23. The van der Waals surface area contributed by atoms with Crippen LogP contribution < -0.4 is 5.32 Å². The lowest BCUT2D eigenvalue weighted by Crippen LogP contribution is -2.21. The van der Waals surface area contributed by atoms with Crippen LogP contribution in [0.1, 0.15) is 27.3 Å². The maximum absolute atomic E-state index is 12.3. The van der Waals surface area contributed by atoms with E-state index in [4.69, 9.17) is 0 Å². The van der Waals surface area contributed by atoms with Crippen molar-refractivity contribution in [3.8, 4) is 0 Å². The van der Waals surface area contributed by atoms with Crippen LogP contribution in [0, 0.1) is 30.9 Å². The highest BCUT2D eigenvalue weighted by molar-refractivity contribution is 5.95. The van der Waals surface area contributed by atoms with Gasteiger partial charge in [0, 0.05) is 5.69 Å². The van der Waals surface area contributed by atoms with Crippen LogP contribution >= 0.6 is 0 Å². The fourth-order valence-electron chi connectivity index (χ4n) is 2.43. The van der Waals surface area contributed by atoms with Crippen molar-refractivity contribution in [2.75, 3.05) is 12.4 Å². The lowest BCUT2D eigenvalue weighted by Gasteiger charge is -2.10. The van der Waals surface area contributed by atoms with Gasteiger partial charge in [-0.05, 0) is 38.5 Å². The number of rotatable bonds is 5. The van der Waals surface area contributed by atoms with Gasteiger partial charge in [0.25, 0.3) is 0 Å². The second-order valence-corrected chi connectivity index (χ2v) is 5.50. The average molecular weight is 346 g/mol. The molecule has 1 heterocycles. The largest absolute Gasteiger partial charge is 0.465 e. The van der Waals surface area contributed by atoms with Gasteiger partial charge in [-0.3, -0.25) is 19.6 Å². The van der Waals surface area contributed by atoms with E-state index in [1.54, 1.807) is 19.1 Å². The van der Waals surface area contributed by atoms with Gasteiger partial charge in [0.1, 0.15) is 17.9 Å². The number of nitrogens with one attached hydrogen (secondary N) is 1. The molecule has 1 N–H and O–H groups in total. The molecule has 0 radical (unpaired) electrons. The van der Waals surface area contributed by atoms with Crippen LogP contribution in [0.2, 0.25) is 0 Å². The molecule has 0 bridgehead atoms. The number of ether oxygens (including phenoxy) is 1. The van der Waals surface area contributed by atoms with Crippen molar-refractivity contribution in [2.24, 2.45) is 0 Å². The number of carbonyl (C=O) groups excluding carboxylic acids is 2. The molecule has 1 aromatic carbocycles. The van der Waals surface area contributed by atoms with Crippen molar-refractivity contribution in [1.29, 1.82) is 0 Å². The van der Waals surface area contributed by atoms with Gasteiger partial charge < -0.3 is 10.1 Å². The average Bonchev–Trinajstić information content (AvgIpc) is 2.82. The molecule has 1 aromatic heterocycles. The summed E-state index contributed by atoms with van der Waals surface area (Å²) in [5.41, 5.74) is 1.99. The number of anilines is 1. The third kappa shape index (κ3) is 3.82. The first kappa shape index (κ1) is 18.1. The normalized spacial score (nSPS) is 10.4. The zero-order valence-corrected chi connectivity index (χ0v) is 14.3. The molecule has 0 unspecified atom stereocenters. The van der Waals surface area contributed by atoms with E-state index in [0.717, 1.165) is 5.56 Å². The second-order valence-electron chi connectivity index (χ2n) is 5.50. The first-order valence-corrected chi connectivity index (χ1v) is 7.41. The maximum atomic E-state index is 12.3. The van der Waals surface area contributed by atoms with Crippen molar-refractivity contribution in [3.05, 3.63) is 50.8 Å². The van der Waals surface area contributed by atoms with Crippen LogP contribution in [0.25, 0.3) is 0 Å². The molecule has 0 aliphatic heterocycles. The summed E-state index contributed by atoms with van der Waals surface area (Å²) < 4.78 is 5.94. The third-order valence-electron chi connectivity index (χ3n) is 3.75. The minimum atomic E-state index is -0.518. The van der Waals surface area contributed by atoms with Gasteiger partial charge in [0.2, 0.25) is 5.91 Å². The molecule has 9 nitrogen and oxygen atoms in total. The Morgan fingerprint density at radius 1 is 1.32 bits per heavy atom. The summed E-state index contributed by atoms with van der Waals surface area (Å²) in [5, 5.41) is 17.7. The van der Waals surface area contributed by atoms with Crippen molar-refractivity contribution >= 4 is 23.3 Å². The fourth-order valence-corrected chi connectivity index (χ4v) is 2.43. The lowest BCUT2D eigenvalue weighted by molar-refractivity contribution is -0.386. The smallest absolute Gasteiger partial charge is 0.337 e. The van der Waals surface area contributed by atoms with Crippen LogP contribution in [-0.4, -0.2) is 33.7 Å². The Morgan fingerprint density at radius 3 is 2.56 bits per heavy atom. The van der Waals surface area contributed by atoms with Crippen LogP contribution in [0.3, 0.4) is 0 Å². The van der Waals surface area contributed by atoms with Crippen LogP contribution in [-0.2, 0) is 16.1 Å². The summed E-state index contributed by atoms with van der Waals surface area (Å²) in [5.74, 6) is -0.921. The molecule has 0 saturated heterocycles. The standard InChI is InChI=1S/C16H18N4O5/c1-9-5-6-12(16(22)25-4)7-13(9)17-14(21)8-19-11(3)15(20(23)24)10(2)18-19/h5-7H,8H2,1-4H3,(H,17,21). The Morgan fingerprint density at radius 2 is 2.00 bits per heavy atom. The number of nitro groups is 1. The van der Waals surface area contributed by atoms with Gasteiger partial charge >= 0.3 is 11.7 Å². The summed E-state index contributed by atoms with van der Waals surface area (Å²) in [6.45, 7) is 4.66. The molecule has 0 fully saturated rings. The highest BCUT2D eigenvalue weighted by Crippen LogP contribution is 2.22. The van der Waals surface area contributed by atoms with E-state index in [0.29, 0.717) is 16.9 Å². The predicted molar refractivity (Wildman–Crippen MR) is 89.5 cm³/mol. The molecular weight excluding hydrogens is 328 g/mol. The number of aryl methyl sites for hydroxylation is 2. The van der Waals surface area contributed by atoms with E-state index >= 15 is 0 Å². The Balaban J connectivity index is 2.20. The third-order valence-corrected chi connectivity index (χ3v) is 3.75. The number of methoxy groups -OCH3 is 1. The summed E-state index contributed by atoms with van der Waals surface area (Å²) in [6, 6.07) is 4.81. The molecule has 0 aliphatic rings. The summed E-state index contributed by atoms with van der Waals surface area (Å²) in [7, 11) is 1.27. The Bertz CT molecular complexity index is 856. The van der Waals surface area contributed by atoms with E-state index in [1.807, 2.05) is 0 Å². The Hall–Kier alpha value is -3.23. The number of carbonyl (C=O) groups is 2. The lowest BCUT2D eigenvalue weighted by atomic mass is 10.1. The Kier molecular flexibility index (Phi) is 5.16. The molecule has 2 aromatic rings. The topological polar surface area (TPSA) is 116 Å². The van der Waals surface area contributed by atoms with Crippen LogP contribution in [0.15, 0.2) is 18.2 Å². The first-order chi connectivity index (χ1) is 11.7. The van der Waals surface area contributed by atoms with Crippen LogP contribution in [0.5, 0.6) is 0 Å². The maximum Gasteiger partial charge on any atom is 0.337 e. The molecule has 2 rings (SSSR count). The molecule has 0 aliphatic carbocycles. The van der Waals surface area contributed by atoms with Gasteiger partial charge in [0.15, 0.2) is 0 Å². The zero-order valence-electron chi connectivity index (χ0n) is 14.3. The van der Waals surface area contributed by atoms with Gasteiger partial charge in [-0.25, -0.2) is 4.79 Å². The van der Waals surface area contributed by atoms with E-state index in [2.05, 4.69) is 15.2 Å². The number of aromatic nitrogens is 2. The monoisotopic (exact) mass is 346 g/mol. The van der Waals surface area contributed by atoms with Crippen molar-refractivity contribution in [3.63, 3.8) is 0 Å². The number of nitrogens with zero attached hydrogens (tertiary/aromatic N) is 3. The molecule has 9 heteroatoms. The first-order valence-electron chi connectivity index (χ1n) is 7.41. The van der Waals surface area contributed by atoms with E-state index in [-0.39, 0.29) is 17.9 Å². The quantitative estimate of drug-likeness (QED) is 0.504. The van der Waals surface area contributed by atoms with E-state index in [1.165, 1.54) is 31.7 Å². The number of hydrogen-bond acceptors (Lipinski definition) is 6. The number of benzene rings is 1. The van der Waals surface area contributed by atoms with Crippen molar-refractivity contribution < 1.29 is 19.2 Å². The summed E-state index contributed by atoms with van der Waals surface area (Å²) in [4.78, 5) is 34.4. The van der Waals surface area contributed by atoms with E-state index < -0.39 is 16.8 Å². The molecule has 25 heavy (non-hydrogen) atoms. The number of amides is 1. The van der Waals surface area contributed by atoms with Gasteiger partial charge in [-0.2, -0.15) is 5.10 Å². The molecule has 132 valence electrons. The molecular formula is C16H18N4O5. The van der Waals surface area contributed by atoms with Crippen molar-refractivity contribution in [1.82, 2.24) is 9.78 Å². The van der Waals surface area contributed by atoms with Crippen molar-refractivity contribution in [2.45, 2.75) is 27.3 Å². The van der Waals surface area contributed by atoms with Crippen LogP contribution in [0.4, 0.5) is 11.4 Å². The minimum absolute atomic E-state index is 0.100. The summed E-state index contributed by atoms with van der Waals surface area (Å²) in [6.07, 6.45) is 0. The second kappa shape index (κ2) is 7.12. The van der Waals surface area contributed by atoms with E-state index in [9.17, 15) is 19.7 Å². The SMILES string of the molecule is COC(=O)c1ccc(C)c(NC(=O)Cn2nc(C)c([N+](=O)[O-])c2C)c1. The zero-order chi connectivity index (χ0) is 18.7. The number of esters is 1.